The number of amides is 1. The van der Waals surface area contributed by atoms with Crippen LogP contribution in [0.5, 0.6) is 0 Å². The van der Waals surface area contributed by atoms with Crippen LogP contribution < -0.4 is 5.32 Å². The Balaban J connectivity index is 1.96. The molecule has 0 aromatic heterocycles. The molecule has 0 fully saturated rings. The second-order valence-corrected chi connectivity index (χ2v) is 5.51. The van der Waals surface area contributed by atoms with Crippen LogP contribution in [0.15, 0.2) is 53.4 Å². The van der Waals surface area contributed by atoms with Crippen LogP contribution in [0.2, 0.25) is 0 Å². The van der Waals surface area contributed by atoms with Crippen molar-refractivity contribution >= 4 is 29.3 Å². The molecule has 0 unspecified atom stereocenters. The number of esters is 1. The molecule has 0 bridgehead atoms. The molecule has 8 heteroatoms. The van der Waals surface area contributed by atoms with Crippen molar-refractivity contribution in [3.05, 3.63) is 59.9 Å². The van der Waals surface area contributed by atoms with Gasteiger partial charge in [0.25, 0.3) is 11.7 Å². The molecule has 2 aromatic carbocycles. The largest absolute Gasteiger partial charge is 0.452 e. The molecule has 0 radical (unpaired) electrons. The highest BCUT2D eigenvalue weighted by Gasteiger charge is 2.17. The van der Waals surface area contributed by atoms with E-state index in [9.17, 15) is 22.8 Å². The predicted octanol–water partition coefficient (Wildman–Crippen LogP) is 3.94. The van der Waals surface area contributed by atoms with Crippen LogP contribution in [-0.4, -0.2) is 24.2 Å². The minimum atomic E-state index is -2.69. The van der Waals surface area contributed by atoms with Gasteiger partial charge in [0.1, 0.15) is 5.82 Å². The second kappa shape index (κ2) is 8.39. The van der Waals surface area contributed by atoms with Gasteiger partial charge in [-0.1, -0.05) is 36.0 Å². The van der Waals surface area contributed by atoms with Gasteiger partial charge in [-0.25, -0.2) is 9.18 Å². The average Bonchev–Trinajstić information content (AvgIpc) is 2.55. The fourth-order valence-electron chi connectivity index (χ4n) is 1.79. The van der Waals surface area contributed by atoms with E-state index < -0.39 is 30.1 Å². The molecule has 0 saturated carbocycles. The van der Waals surface area contributed by atoms with E-state index in [-0.39, 0.29) is 27.9 Å². The van der Waals surface area contributed by atoms with E-state index in [2.05, 4.69) is 5.32 Å². The lowest BCUT2D eigenvalue weighted by atomic mass is 10.2. The van der Waals surface area contributed by atoms with Gasteiger partial charge in [-0.2, -0.15) is 8.78 Å². The highest BCUT2D eigenvalue weighted by molar-refractivity contribution is 7.99. The van der Waals surface area contributed by atoms with Gasteiger partial charge in [0, 0.05) is 4.90 Å². The van der Waals surface area contributed by atoms with Crippen molar-refractivity contribution in [3.8, 4) is 0 Å². The van der Waals surface area contributed by atoms with Gasteiger partial charge in [0.05, 0.1) is 11.3 Å². The van der Waals surface area contributed by atoms with Crippen molar-refractivity contribution in [3.63, 3.8) is 0 Å². The summed E-state index contributed by atoms with van der Waals surface area (Å²) in [5.41, 5.74) is -0.117. The fraction of sp³-hybridized carbons (Fsp3) is 0.125. The van der Waals surface area contributed by atoms with Gasteiger partial charge in [-0.05, 0) is 24.3 Å². The smallest absolute Gasteiger partial charge is 0.339 e. The first-order valence-corrected chi connectivity index (χ1v) is 7.60. The van der Waals surface area contributed by atoms with Crippen molar-refractivity contribution in [1.82, 2.24) is 0 Å². The van der Waals surface area contributed by atoms with E-state index in [4.69, 9.17) is 4.74 Å². The Hall–Kier alpha value is -2.48. The lowest BCUT2D eigenvalue weighted by Crippen LogP contribution is -2.21. The number of nitrogens with one attached hydrogen (secondary N) is 1. The van der Waals surface area contributed by atoms with Gasteiger partial charge in [-0.3, -0.25) is 4.79 Å². The molecule has 1 N–H and O–H groups in total. The number of alkyl halides is 2. The molecule has 2 aromatic rings. The number of carbonyl (C=O) groups is 2. The molecule has 24 heavy (non-hydrogen) atoms. The molecule has 0 atom stereocenters. The number of carbonyl (C=O) groups excluding carboxylic acids is 2. The first kappa shape index (κ1) is 17.9. The summed E-state index contributed by atoms with van der Waals surface area (Å²) in [5, 5.41) is 2.25. The maximum atomic E-state index is 13.4. The minimum Gasteiger partial charge on any atom is -0.452 e. The number of rotatable bonds is 6. The Bertz CT molecular complexity index is 740. The maximum absolute atomic E-state index is 13.4. The van der Waals surface area contributed by atoms with Crippen LogP contribution in [0.3, 0.4) is 0 Å². The van der Waals surface area contributed by atoms with E-state index >= 15 is 0 Å². The van der Waals surface area contributed by atoms with Crippen LogP contribution in [-0.2, 0) is 9.53 Å². The third-order valence-electron chi connectivity index (χ3n) is 2.81. The second-order valence-electron chi connectivity index (χ2n) is 4.48. The maximum Gasteiger partial charge on any atom is 0.339 e. The zero-order valence-corrected chi connectivity index (χ0v) is 13.0. The SMILES string of the molecule is O=C(COC(=O)c1ccccc1SC(F)F)Nc1ccccc1F. The number of ether oxygens (including phenoxy) is 1. The van der Waals surface area contributed by atoms with E-state index in [1.807, 2.05) is 0 Å². The van der Waals surface area contributed by atoms with Gasteiger partial charge >= 0.3 is 5.97 Å². The summed E-state index contributed by atoms with van der Waals surface area (Å²) < 4.78 is 43.1. The summed E-state index contributed by atoms with van der Waals surface area (Å²) >= 11 is 0.208. The molecular formula is C16H12F3NO3S. The fourth-order valence-corrected chi connectivity index (χ4v) is 2.42. The molecule has 0 saturated heterocycles. The lowest BCUT2D eigenvalue weighted by Gasteiger charge is -2.09. The number of para-hydroxylation sites is 1. The van der Waals surface area contributed by atoms with Crippen LogP contribution in [0, 0.1) is 5.82 Å². The zero-order valence-electron chi connectivity index (χ0n) is 12.2. The Morgan fingerprint density at radius 3 is 2.46 bits per heavy atom. The summed E-state index contributed by atoms with van der Waals surface area (Å²) in [6, 6.07) is 11.2. The molecule has 126 valence electrons. The predicted molar refractivity (Wildman–Crippen MR) is 83.6 cm³/mol. The van der Waals surface area contributed by atoms with E-state index in [0.717, 1.165) is 0 Å². The molecule has 2 rings (SSSR count). The molecule has 4 nitrogen and oxygen atoms in total. The third kappa shape index (κ3) is 5.02. The normalized spacial score (nSPS) is 10.5. The van der Waals surface area contributed by atoms with Crippen molar-refractivity contribution in [2.75, 3.05) is 11.9 Å². The van der Waals surface area contributed by atoms with Crippen molar-refractivity contribution < 1.29 is 27.5 Å². The topological polar surface area (TPSA) is 55.4 Å². The molecule has 0 spiro atoms. The molecular weight excluding hydrogens is 343 g/mol. The van der Waals surface area contributed by atoms with E-state index in [0.29, 0.717) is 0 Å². The van der Waals surface area contributed by atoms with Gasteiger partial charge in [0.15, 0.2) is 6.61 Å². The standard InChI is InChI=1S/C16H12F3NO3S/c17-11-6-2-3-7-12(11)20-14(21)9-23-15(22)10-5-1-4-8-13(10)24-16(18)19/h1-8,16H,9H2,(H,20,21). The summed E-state index contributed by atoms with van der Waals surface area (Å²) in [6.45, 7) is -0.666. The monoisotopic (exact) mass is 355 g/mol. The zero-order chi connectivity index (χ0) is 17.5. The molecule has 0 aliphatic heterocycles. The Kier molecular flexibility index (Phi) is 6.25. The Morgan fingerprint density at radius 2 is 1.75 bits per heavy atom. The first-order chi connectivity index (χ1) is 11.5. The number of halogens is 3. The average molecular weight is 355 g/mol. The summed E-state index contributed by atoms with van der Waals surface area (Å²) in [4.78, 5) is 23.7. The number of hydrogen-bond donors (Lipinski definition) is 1. The third-order valence-corrected chi connectivity index (χ3v) is 3.59. The molecule has 0 heterocycles. The molecule has 0 aliphatic rings. The quantitative estimate of drug-likeness (QED) is 0.630. The first-order valence-electron chi connectivity index (χ1n) is 6.72. The van der Waals surface area contributed by atoms with Gasteiger partial charge < -0.3 is 10.1 Å². The van der Waals surface area contributed by atoms with Crippen molar-refractivity contribution in [1.29, 1.82) is 0 Å². The highest BCUT2D eigenvalue weighted by Crippen LogP contribution is 2.28. The molecule has 1 amide bonds. The Labute approximate surface area is 140 Å². The number of thioether (sulfide) groups is 1. The summed E-state index contributed by atoms with van der Waals surface area (Å²) in [5.74, 6) is -4.98. The van der Waals surface area contributed by atoms with Gasteiger partial charge in [0.2, 0.25) is 0 Å². The number of hydrogen-bond acceptors (Lipinski definition) is 4. The van der Waals surface area contributed by atoms with Crippen molar-refractivity contribution in [2.24, 2.45) is 0 Å². The molecule has 0 aliphatic carbocycles. The minimum absolute atomic E-state index is 0.0482. The number of benzene rings is 2. The highest BCUT2D eigenvalue weighted by atomic mass is 32.2. The van der Waals surface area contributed by atoms with Crippen LogP contribution in [0.1, 0.15) is 10.4 Å². The van der Waals surface area contributed by atoms with E-state index in [1.165, 1.54) is 48.5 Å². The van der Waals surface area contributed by atoms with Crippen LogP contribution in [0.25, 0.3) is 0 Å². The van der Waals surface area contributed by atoms with Gasteiger partial charge in [-0.15, -0.1) is 0 Å². The summed E-state index contributed by atoms with van der Waals surface area (Å²) in [6.07, 6.45) is 0. The Morgan fingerprint density at radius 1 is 1.08 bits per heavy atom. The van der Waals surface area contributed by atoms with Crippen molar-refractivity contribution in [2.45, 2.75) is 10.7 Å². The lowest BCUT2D eigenvalue weighted by molar-refractivity contribution is -0.119. The van der Waals surface area contributed by atoms with Crippen LogP contribution in [0.4, 0.5) is 18.9 Å². The van der Waals surface area contributed by atoms with Crippen LogP contribution >= 0.6 is 11.8 Å². The number of anilines is 1. The van der Waals surface area contributed by atoms with E-state index in [1.54, 1.807) is 0 Å². The summed E-state index contributed by atoms with van der Waals surface area (Å²) in [7, 11) is 0.